The number of thioether (sulfide) groups is 2. The number of fused-ring (bicyclic) bond motifs is 5. The third-order valence-corrected chi connectivity index (χ3v) is 7.72. The first-order chi connectivity index (χ1) is 13.9. The molecule has 3 aromatic rings. The smallest absolute Gasteiger partial charge is 0.316 e. The lowest BCUT2D eigenvalue weighted by Crippen LogP contribution is -2.31. The molecule has 1 aliphatic rings. The molecule has 0 saturated heterocycles. The van der Waals surface area contributed by atoms with Gasteiger partial charge in [-0.15, -0.1) is 21.5 Å². The molecule has 4 rings (SSSR count). The van der Waals surface area contributed by atoms with Gasteiger partial charge in [0.25, 0.3) is 0 Å². The molecule has 0 aromatic carbocycles. The van der Waals surface area contributed by atoms with Gasteiger partial charge in [-0.2, -0.15) is 0 Å². The lowest BCUT2D eigenvalue weighted by Gasteiger charge is -2.30. The molecule has 10 heteroatoms. The normalized spacial score (nSPS) is 15.7. The third-order valence-electron chi connectivity index (χ3n) is 4.57. The Morgan fingerprint density at radius 1 is 1.28 bits per heavy atom. The van der Waals surface area contributed by atoms with E-state index in [4.69, 9.17) is 14.5 Å². The van der Waals surface area contributed by atoms with Crippen molar-refractivity contribution >= 4 is 56.7 Å². The van der Waals surface area contributed by atoms with Crippen molar-refractivity contribution < 1.29 is 14.3 Å². The van der Waals surface area contributed by atoms with Crippen LogP contribution < -0.4 is 0 Å². The SMILES string of the molecule is CCCSc1nc2sc3c(c2c2nnc(SCC(=O)OCC)n12)CC(C)(C)OC3. The van der Waals surface area contributed by atoms with Gasteiger partial charge in [-0.05, 0) is 32.8 Å². The molecule has 0 atom stereocenters. The number of thiophene rings is 1. The topological polar surface area (TPSA) is 78.6 Å². The van der Waals surface area contributed by atoms with Crippen LogP contribution in [0.5, 0.6) is 0 Å². The number of carbonyl (C=O) groups is 1. The Balaban J connectivity index is 1.83. The number of carbonyl (C=O) groups excluding carboxylic acids is 1. The quantitative estimate of drug-likeness (QED) is 0.297. The van der Waals surface area contributed by atoms with Gasteiger partial charge in [-0.1, -0.05) is 30.4 Å². The summed E-state index contributed by atoms with van der Waals surface area (Å²) in [6.45, 7) is 9.15. The van der Waals surface area contributed by atoms with Crippen LogP contribution in [0.15, 0.2) is 10.3 Å². The summed E-state index contributed by atoms with van der Waals surface area (Å²) in [6.07, 6.45) is 1.86. The van der Waals surface area contributed by atoms with E-state index < -0.39 is 0 Å². The van der Waals surface area contributed by atoms with Gasteiger partial charge in [0.15, 0.2) is 16.0 Å². The molecular weight excluding hydrogens is 428 g/mol. The van der Waals surface area contributed by atoms with Crippen LogP contribution >= 0.6 is 34.9 Å². The molecule has 0 amide bonds. The van der Waals surface area contributed by atoms with Gasteiger partial charge >= 0.3 is 5.97 Å². The number of ether oxygens (including phenoxy) is 2. The molecule has 0 aliphatic carbocycles. The molecule has 0 bridgehead atoms. The predicted octanol–water partition coefficient (Wildman–Crippen LogP) is 4.35. The minimum absolute atomic E-state index is 0.202. The average Bonchev–Trinajstić information content (AvgIpc) is 3.24. The van der Waals surface area contributed by atoms with E-state index in [9.17, 15) is 4.79 Å². The average molecular weight is 453 g/mol. The largest absolute Gasteiger partial charge is 0.465 e. The van der Waals surface area contributed by atoms with Gasteiger partial charge in [-0.25, -0.2) is 9.38 Å². The van der Waals surface area contributed by atoms with Crippen molar-refractivity contribution in [2.24, 2.45) is 0 Å². The van der Waals surface area contributed by atoms with Gasteiger partial charge < -0.3 is 9.47 Å². The van der Waals surface area contributed by atoms with Crippen LogP contribution in [0, 0.1) is 0 Å². The van der Waals surface area contributed by atoms with Crippen molar-refractivity contribution in [3.05, 3.63) is 10.4 Å². The number of esters is 1. The fourth-order valence-corrected chi connectivity index (χ4v) is 6.09. The summed E-state index contributed by atoms with van der Waals surface area (Å²) < 4.78 is 13.1. The van der Waals surface area contributed by atoms with Crippen molar-refractivity contribution in [1.82, 2.24) is 19.6 Å². The first-order valence-corrected chi connectivity index (χ1v) is 12.5. The Morgan fingerprint density at radius 2 is 2.10 bits per heavy atom. The fraction of sp³-hybridized carbons (Fsp3) is 0.579. The number of nitrogens with zero attached hydrogens (tertiary/aromatic N) is 4. The molecule has 7 nitrogen and oxygen atoms in total. The van der Waals surface area contributed by atoms with Gasteiger partial charge in [0, 0.05) is 17.1 Å². The minimum atomic E-state index is -0.252. The second-order valence-corrected chi connectivity index (χ2v) is 10.5. The fourth-order valence-electron chi connectivity index (χ4n) is 3.30. The van der Waals surface area contributed by atoms with Crippen LogP contribution in [0.3, 0.4) is 0 Å². The maximum Gasteiger partial charge on any atom is 0.316 e. The number of hydrogen-bond acceptors (Lipinski definition) is 9. The lowest BCUT2D eigenvalue weighted by molar-refractivity contribution is -0.139. The van der Waals surface area contributed by atoms with E-state index in [0.717, 1.165) is 39.6 Å². The number of rotatable bonds is 7. The lowest BCUT2D eigenvalue weighted by atomic mass is 9.94. The summed E-state index contributed by atoms with van der Waals surface area (Å²) >= 11 is 4.72. The standard InChI is InChI=1S/C19H24N4O3S3/c1-5-7-27-17-20-16-14(11-8-19(3,4)26-9-12(11)29-16)15-21-22-18(23(15)17)28-10-13(24)25-6-2/h5-10H2,1-4H3. The van der Waals surface area contributed by atoms with Crippen molar-refractivity contribution in [3.8, 4) is 0 Å². The summed E-state index contributed by atoms with van der Waals surface area (Å²) in [5, 5.41) is 11.5. The monoisotopic (exact) mass is 452 g/mol. The maximum absolute atomic E-state index is 11.8. The molecule has 0 saturated carbocycles. The molecule has 3 aromatic heterocycles. The second-order valence-electron chi connectivity index (χ2n) is 7.39. The molecule has 0 N–H and O–H groups in total. The van der Waals surface area contributed by atoms with E-state index in [1.807, 2.05) is 4.40 Å². The minimum Gasteiger partial charge on any atom is -0.465 e. The van der Waals surface area contributed by atoms with Crippen LogP contribution in [0.1, 0.15) is 44.6 Å². The predicted molar refractivity (Wildman–Crippen MR) is 117 cm³/mol. The highest BCUT2D eigenvalue weighted by molar-refractivity contribution is 8.00. The highest BCUT2D eigenvalue weighted by Crippen LogP contribution is 2.41. The van der Waals surface area contributed by atoms with Crippen molar-refractivity contribution in [2.75, 3.05) is 18.1 Å². The molecule has 156 valence electrons. The molecular formula is C19H24N4O3S3. The Kier molecular flexibility index (Phi) is 6.06. The summed E-state index contributed by atoms with van der Waals surface area (Å²) in [4.78, 5) is 19.0. The Hall–Kier alpha value is -1.36. The van der Waals surface area contributed by atoms with Crippen LogP contribution in [-0.4, -0.2) is 49.3 Å². The first-order valence-electron chi connectivity index (χ1n) is 9.68. The molecule has 1 aliphatic heterocycles. The Morgan fingerprint density at radius 3 is 2.86 bits per heavy atom. The molecule has 0 spiro atoms. The Labute approximate surface area is 182 Å². The van der Waals surface area contributed by atoms with E-state index in [1.54, 1.807) is 30.0 Å². The van der Waals surface area contributed by atoms with E-state index >= 15 is 0 Å². The van der Waals surface area contributed by atoms with Gasteiger partial charge in [0.2, 0.25) is 0 Å². The zero-order chi connectivity index (χ0) is 20.6. The van der Waals surface area contributed by atoms with Crippen LogP contribution in [0.25, 0.3) is 15.9 Å². The van der Waals surface area contributed by atoms with E-state index in [1.165, 1.54) is 22.2 Å². The summed E-state index contributed by atoms with van der Waals surface area (Å²) in [5.41, 5.74) is 1.87. The Bertz CT molecular complexity index is 1060. The first kappa shape index (κ1) is 20.9. The van der Waals surface area contributed by atoms with E-state index in [0.29, 0.717) is 18.4 Å². The highest BCUT2D eigenvalue weighted by Gasteiger charge is 2.31. The summed E-state index contributed by atoms with van der Waals surface area (Å²) in [7, 11) is 0. The molecule has 0 fully saturated rings. The van der Waals surface area contributed by atoms with Crippen molar-refractivity contribution in [1.29, 1.82) is 0 Å². The molecule has 29 heavy (non-hydrogen) atoms. The molecule has 0 unspecified atom stereocenters. The second kappa shape index (κ2) is 8.41. The zero-order valence-corrected chi connectivity index (χ0v) is 19.4. The number of hydrogen-bond donors (Lipinski definition) is 0. The molecule has 4 heterocycles. The summed E-state index contributed by atoms with van der Waals surface area (Å²) in [6, 6.07) is 0. The van der Waals surface area contributed by atoms with Gasteiger partial charge in [0.05, 0.1) is 30.0 Å². The molecule has 0 radical (unpaired) electrons. The van der Waals surface area contributed by atoms with E-state index in [-0.39, 0.29) is 17.3 Å². The third kappa shape index (κ3) is 4.12. The van der Waals surface area contributed by atoms with Crippen LogP contribution in [0.2, 0.25) is 0 Å². The van der Waals surface area contributed by atoms with Crippen LogP contribution in [-0.2, 0) is 27.3 Å². The van der Waals surface area contributed by atoms with Gasteiger partial charge in [-0.3, -0.25) is 4.79 Å². The summed E-state index contributed by atoms with van der Waals surface area (Å²) in [5.74, 6) is 0.903. The van der Waals surface area contributed by atoms with Crippen LogP contribution in [0.4, 0.5) is 0 Å². The maximum atomic E-state index is 11.8. The highest BCUT2D eigenvalue weighted by atomic mass is 32.2. The van der Waals surface area contributed by atoms with Gasteiger partial charge in [0.1, 0.15) is 4.83 Å². The zero-order valence-electron chi connectivity index (χ0n) is 17.0. The van der Waals surface area contributed by atoms with E-state index in [2.05, 4.69) is 31.0 Å². The van der Waals surface area contributed by atoms with Crippen molar-refractivity contribution in [3.63, 3.8) is 0 Å². The number of aromatic nitrogens is 4. The van der Waals surface area contributed by atoms with Crippen molar-refractivity contribution in [2.45, 2.75) is 63.1 Å².